The number of amides is 1. The number of benzene rings is 1. The monoisotopic (exact) mass is 313 g/mol. The van der Waals surface area contributed by atoms with Crippen LogP contribution >= 0.6 is 0 Å². The van der Waals surface area contributed by atoms with Crippen LogP contribution in [0.5, 0.6) is 0 Å². The number of nitrogens with zero attached hydrogens (tertiary/aromatic N) is 3. The Bertz CT molecular complexity index is 719. The SMILES string of the molecule is CC(=O)c1cccc(NC(=O)c2cn(C3CCNCC3)nn2)c1. The molecule has 1 aliphatic heterocycles. The molecule has 23 heavy (non-hydrogen) atoms. The van der Waals surface area contributed by atoms with Gasteiger partial charge in [-0.3, -0.25) is 9.59 Å². The molecule has 0 bridgehead atoms. The number of Topliss-reactive ketones (excluding diaryl/α,β-unsaturated/α-hetero) is 1. The predicted molar refractivity (Wildman–Crippen MR) is 85.6 cm³/mol. The molecule has 1 amide bonds. The number of carbonyl (C=O) groups is 2. The maximum atomic E-state index is 12.3. The molecule has 1 aliphatic rings. The van der Waals surface area contributed by atoms with Gasteiger partial charge in [0.2, 0.25) is 0 Å². The van der Waals surface area contributed by atoms with Gasteiger partial charge in [0.1, 0.15) is 0 Å². The first-order chi connectivity index (χ1) is 11.1. The summed E-state index contributed by atoms with van der Waals surface area (Å²) in [6.07, 6.45) is 3.64. The smallest absolute Gasteiger partial charge is 0.277 e. The summed E-state index contributed by atoms with van der Waals surface area (Å²) in [5.41, 5.74) is 1.40. The molecular weight excluding hydrogens is 294 g/mol. The molecule has 0 atom stereocenters. The van der Waals surface area contributed by atoms with Gasteiger partial charge in [-0.25, -0.2) is 4.68 Å². The molecule has 0 unspecified atom stereocenters. The average Bonchev–Trinajstić information content (AvgIpc) is 3.06. The van der Waals surface area contributed by atoms with E-state index in [0.29, 0.717) is 11.3 Å². The van der Waals surface area contributed by atoms with E-state index in [0.717, 1.165) is 25.9 Å². The maximum Gasteiger partial charge on any atom is 0.277 e. The number of carbonyl (C=O) groups excluding carboxylic acids is 2. The van der Waals surface area contributed by atoms with E-state index < -0.39 is 0 Å². The van der Waals surface area contributed by atoms with Crippen LogP contribution in [0.1, 0.15) is 46.7 Å². The second-order valence-electron chi connectivity index (χ2n) is 5.66. The molecule has 1 saturated heterocycles. The summed E-state index contributed by atoms with van der Waals surface area (Å²) in [6.45, 7) is 3.39. The molecule has 1 aromatic heterocycles. The number of rotatable bonds is 4. The number of hydrogen-bond acceptors (Lipinski definition) is 5. The van der Waals surface area contributed by atoms with Crippen molar-refractivity contribution in [3.05, 3.63) is 41.7 Å². The molecular formula is C16H19N5O2. The second kappa shape index (κ2) is 6.70. The molecule has 0 saturated carbocycles. The van der Waals surface area contributed by atoms with Crippen molar-refractivity contribution in [3.63, 3.8) is 0 Å². The fourth-order valence-corrected chi connectivity index (χ4v) is 2.64. The van der Waals surface area contributed by atoms with Gasteiger partial charge in [-0.15, -0.1) is 5.10 Å². The summed E-state index contributed by atoms with van der Waals surface area (Å²) in [7, 11) is 0. The van der Waals surface area contributed by atoms with Crippen molar-refractivity contribution >= 4 is 17.4 Å². The van der Waals surface area contributed by atoms with Crippen molar-refractivity contribution in [3.8, 4) is 0 Å². The molecule has 0 radical (unpaired) electrons. The normalized spacial score (nSPS) is 15.3. The third kappa shape index (κ3) is 3.62. The second-order valence-corrected chi connectivity index (χ2v) is 5.66. The lowest BCUT2D eigenvalue weighted by Gasteiger charge is -2.22. The first kappa shape index (κ1) is 15.4. The lowest BCUT2D eigenvalue weighted by molar-refractivity contribution is 0.100. The van der Waals surface area contributed by atoms with Gasteiger partial charge in [0.05, 0.1) is 12.2 Å². The van der Waals surface area contributed by atoms with Gasteiger partial charge in [0.15, 0.2) is 11.5 Å². The average molecular weight is 313 g/mol. The zero-order chi connectivity index (χ0) is 16.2. The zero-order valence-electron chi connectivity index (χ0n) is 13.0. The Labute approximate surface area is 134 Å². The maximum absolute atomic E-state index is 12.3. The van der Waals surface area contributed by atoms with Crippen molar-refractivity contribution in [2.24, 2.45) is 0 Å². The standard InChI is InChI=1S/C16H19N5O2/c1-11(22)12-3-2-4-13(9-12)18-16(23)15-10-21(20-19-15)14-5-7-17-8-6-14/h2-4,9-10,14,17H,5-8H2,1H3,(H,18,23). The van der Waals surface area contributed by atoms with Crippen LogP contribution in [0, 0.1) is 0 Å². The van der Waals surface area contributed by atoms with E-state index in [1.54, 1.807) is 35.1 Å². The summed E-state index contributed by atoms with van der Waals surface area (Å²) in [6, 6.07) is 7.12. The molecule has 7 heteroatoms. The van der Waals surface area contributed by atoms with E-state index in [1.807, 2.05) is 0 Å². The van der Waals surface area contributed by atoms with Crippen LogP contribution in [-0.2, 0) is 0 Å². The molecule has 2 aromatic rings. The summed E-state index contributed by atoms with van der Waals surface area (Å²) in [4.78, 5) is 23.7. The minimum absolute atomic E-state index is 0.0436. The summed E-state index contributed by atoms with van der Waals surface area (Å²) in [5.74, 6) is -0.371. The third-order valence-electron chi connectivity index (χ3n) is 3.95. The van der Waals surface area contributed by atoms with Crippen molar-refractivity contribution in [1.82, 2.24) is 20.3 Å². The molecule has 0 aliphatic carbocycles. The molecule has 1 aromatic carbocycles. The van der Waals surface area contributed by atoms with Crippen molar-refractivity contribution in [2.45, 2.75) is 25.8 Å². The van der Waals surface area contributed by atoms with Crippen molar-refractivity contribution in [2.75, 3.05) is 18.4 Å². The molecule has 2 N–H and O–H groups in total. The van der Waals surface area contributed by atoms with E-state index in [4.69, 9.17) is 0 Å². The number of anilines is 1. The number of ketones is 1. The number of hydrogen-bond donors (Lipinski definition) is 2. The summed E-state index contributed by atoms with van der Waals surface area (Å²) < 4.78 is 1.77. The Kier molecular flexibility index (Phi) is 4.47. The van der Waals surface area contributed by atoms with Gasteiger partial charge in [-0.1, -0.05) is 17.3 Å². The van der Waals surface area contributed by atoms with Gasteiger partial charge in [-0.2, -0.15) is 0 Å². The highest BCUT2D eigenvalue weighted by atomic mass is 16.2. The largest absolute Gasteiger partial charge is 0.321 e. The molecule has 1 fully saturated rings. The Morgan fingerprint density at radius 3 is 2.83 bits per heavy atom. The lowest BCUT2D eigenvalue weighted by Crippen LogP contribution is -2.29. The van der Waals surface area contributed by atoms with E-state index in [-0.39, 0.29) is 23.4 Å². The number of aromatic nitrogens is 3. The Morgan fingerprint density at radius 1 is 1.30 bits per heavy atom. The van der Waals surface area contributed by atoms with Crippen LogP contribution in [-0.4, -0.2) is 39.8 Å². The van der Waals surface area contributed by atoms with Crippen LogP contribution in [0.15, 0.2) is 30.5 Å². The quantitative estimate of drug-likeness (QED) is 0.838. The molecule has 7 nitrogen and oxygen atoms in total. The van der Waals surface area contributed by atoms with Crippen LogP contribution < -0.4 is 10.6 Å². The van der Waals surface area contributed by atoms with Crippen LogP contribution in [0.3, 0.4) is 0 Å². The third-order valence-corrected chi connectivity index (χ3v) is 3.95. The zero-order valence-corrected chi connectivity index (χ0v) is 13.0. The van der Waals surface area contributed by atoms with Crippen molar-refractivity contribution in [1.29, 1.82) is 0 Å². The first-order valence-electron chi connectivity index (χ1n) is 7.68. The van der Waals surface area contributed by atoms with Gasteiger partial charge in [0.25, 0.3) is 5.91 Å². The molecule has 2 heterocycles. The van der Waals surface area contributed by atoms with Crippen molar-refractivity contribution < 1.29 is 9.59 Å². The van der Waals surface area contributed by atoms with Crippen LogP contribution in [0.2, 0.25) is 0 Å². The van der Waals surface area contributed by atoms with Crippen LogP contribution in [0.25, 0.3) is 0 Å². The molecule has 3 rings (SSSR count). The van der Waals surface area contributed by atoms with E-state index >= 15 is 0 Å². The number of piperidine rings is 1. The summed E-state index contributed by atoms with van der Waals surface area (Å²) >= 11 is 0. The summed E-state index contributed by atoms with van der Waals surface area (Å²) in [5, 5.41) is 14.1. The van der Waals surface area contributed by atoms with Gasteiger partial charge in [-0.05, 0) is 45.0 Å². The highest BCUT2D eigenvalue weighted by Crippen LogP contribution is 2.17. The van der Waals surface area contributed by atoms with Crippen LogP contribution in [0.4, 0.5) is 5.69 Å². The number of nitrogens with one attached hydrogen (secondary N) is 2. The van der Waals surface area contributed by atoms with E-state index in [9.17, 15) is 9.59 Å². The van der Waals surface area contributed by atoms with Gasteiger partial charge in [0, 0.05) is 11.3 Å². The minimum Gasteiger partial charge on any atom is -0.321 e. The lowest BCUT2D eigenvalue weighted by atomic mass is 10.1. The Hall–Kier alpha value is -2.54. The molecule has 0 spiro atoms. The fourth-order valence-electron chi connectivity index (χ4n) is 2.64. The minimum atomic E-state index is -0.328. The van der Waals surface area contributed by atoms with Gasteiger partial charge < -0.3 is 10.6 Å². The Morgan fingerprint density at radius 2 is 2.09 bits per heavy atom. The van der Waals surface area contributed by atoms with E-state index in [2.05, 4.69) is 20.9 Å². The molecule has 120 valence electrons. The highest BCUT2D eigenvalue weighted by Gasteiger charge is 2.18. The first-order valence-corrected chi connectivity index (χ1v) is 7.68. The van der Waals surface area contributed by atoms with Gasteiger partial charge >= 0.3 is 0 Å². The predicted octanol–water partition coefficient (Wildman–Crippen LogP) is 1.66. The fraction of sp³-hybridized carbons (Fsp3) is 0.375. The topological polar surface area (TPSA) is 88.9 Å². The Balaban J connectivity index is 1.70. The highest BCUT2D eigenvalue weighted by molar-refractivity contribution is 6.03. The van der Waals surface area contributed by atoms with E-state index in [1.165, 1.54) is 6.92 Å².